The number of furan rings is 1. The molecule has 0 unspecified atom stereocenters. The first-order valence-electron chi connectivity index (χ1n) is 8.29. The molecule has 0 saturated carbocycles. The van der Waals surface area contributed by atoms with Crippen molar-refractivity contribution in [2.75, 3.05) is 13.7 Å². The van der Waals surface area contributed by atoms with Gasteiger partial charge < -0.3 is 19.4 Å². The van der Waals surface area contributed by atoms with Gasteiger partial charge in [0.25, 0.3) is 11.8 Å². The fraction of sp³-hybridized carbons (Fsp3) is 0.211. The molecular formula is C19H17N3O5. The van der Waals surface area contributed by atoms with Gasteiger partial charge in [0.2, 0.25) is 0 Å². The molecule has 2 aromatic rings. The molecule has 27 heavy (non-hydrogen) atoms. The highest BCUT2D eigenvalue weighted by Gasteiger charge is 2.52. The Morgan fingerprint density at radius 1 is 1.30 bits per heavy atom. The van der Waals surface area contributed by atoms with Gasteiger partial charge in [-0.2, -0.15) is 0 Å². The maximum absolute atomic E-state index is 12.9. The van der Waals surface area contributed by atoms with E-state index in [1.165, 1.54) is 18.1 Å². The summed E-state index contributed by atoms with van der Waals surface area (Å²) in [6, 6.07) is 7.86. The molecule has 2 aliphatic heterocycles. The highest BCUT2D eigenvalue weighted by atomic mass is 16.5. The average molecular weight is 367 g/mol. The van der Waals surface area contributed by atoms with E-state index in [1.54, 1.807) is 24.3 Å². The molecule has 4 amide bonds. The lowest BCUT2D eigenvalue weighted by molar-refractivity contribution is -0.125. The minimum Gasteiger partial charge on any atom is -0.497 e. The third-order valence-corrected chi connectivity index (χ3v) is 4.81. The summed E-state index contributed by atoms with van der Waals surface area (Å²) in [5.74, 6) is 0.458. The third-order valence-electron chi connectivity index (χ3n) is 4.81. The monoisotopic (exact) mass is 367 g/mol. The van der Waals surface area contributed by atoms with Crippen molar-refractivity contribution in [1.82, 2.24) is 15.5 Å². The molecule has 1 atom stereocenters. The number of methoxy groups -OCH3 is 1. The van der Waals surface area contributed by atoms with Crippen molar-refractivity contribution in [3.05, 3.63) is 59.6 Å². The molecule has 4 rings (SSSR count). The average Bonchev–Trinajstić information content (AvgIpc) is 3.33. The predicted octanol–water partition coefficient (Wildman–Crippen LogP) is 1.62. The summed E-state index contributed by atoms with van der Waals surface area (Å²) < 4.78 is 10.8. The van der Waals surface area contributed by atoms with Crippen LogP contribution in [0, 0.1) is 0 Å². The van der Waals surface area contributed by atoms with E-state index in [1.807, 2.05) is 6.07 Å². The number of ether oxygens (including phenoxy) is 1. The molecule has 0 spiro atoms. The van der Waals surface area contributed by atoms with Crippen LogP contribution in [0.25, 0.3) is 6.08 Å². The maximum Gasteiger partial charge on any atom is 0.322 e. The second-order valence-corrected chi connectivity index (χ2v) is 6.40. The first kappa shape index (κ1) is 16.9. The highest BCUT2D eigenvalue weighted by molar-refractivity contribution is 6.08. The molecule has 1 aromatic carbocycles. The largest absolute Gasteiger partial charge is 0.497 e. The quantitative estimate of drug-likeness (QED) is 0.782. The smallest absolute Gasteiger partial charge is 0.322 e. The second-order valence-electron chi connectivity index (χ2n) is 6.40. The van der Waals surface area contributed by atoms with Crippen molar-refractivity contribution in [2.24, 2.45) is 0 Å². The lowest BCUT2D eigenvalue weighted by Crippen LogP contribution is -2.52. The number of hydrogen-bond acceptors (Lipinski definition) is 5. The van der Waals surface area contributed by atoms with Crippen LogP contribution in [0.3, 0.4) is 0 Å². The molecule has 8 heteroatoms. The molecule has 2 aliphatic rings. The van der Waals surface area contributed by atoms with Gasteiger partial charge >= 0.3 is 6.03 Å². The van der Waals surface area contributed by atoms with E-state index in [0.29, 0.717) is 23.6 Å². The van der Waals surface area contributed by atoms with Gasteiger partial charge in [0.05, 0.1) is 13.7 Å². The maximum atomic E-state index is 12.9. The molecule has 8 nitrogen and oxygen atoms in total. The number of carbonyl (C=O) groups is 3. The van der Waals surface area contributed by atoms with Crippen molar-refractivity contribution in [3.63, 3.8) is 0 Å². The van der Waals surface area contributed by atoms with Gasteiger partial charge in [0.1, 0.15) is 17.3 Å². The van der Waals surface area contributed by atoms with Crippen molar-refractivity contribution < 1.29 is 23.5 Å². The zero-order chi connectivity index (χ0) is 19.2. The summed E-state index contributed by atoms with van der Waals surface area (Å²) >= 11 is 0. The van der Waals surface area contributed by atoms with E-state index < -0.39 is 17.5 Å². The van der Waals surface area contributed by atoms with E-state index in [2.05, 4.69) is 17.2 Å². The Morgan fingerprint density at radius 2 is 2.11 bits per heavy atom. The summed E-state index contributed by atoms with van der Waals surface area (Å²) in [6.07, 6.45) is 1.50. The van der Waals surface area contributed by atoms with Crippen molar-refractivity contribution >= 4 is 23.9 Å². The molecule has 1 aromatic heterocycles. The second kappa shape index (κ2) is 6.01. The molecule has 2 N–H and O–H groups in total. The van der Waals surface area contributed by atoms with Gasteiger partial charge in [0, 0.05) is 12.1 Å². The van der Waals surface area contributed by atoms with Crippen LogP contribution in [0.4, 0.5) is 4.79 Å². The molecule has 0 aliphatic carbocycles. The first-order valence-corrected chi connectivity index (χ1v) is 8.29. The van der Waals surface area contributed by atoms with Gasteiger partial charge in [-0.05, 0) is 35.9 Å². The van der Waals surface area contributed by atoms with E-state index in [9.17, 15) is 14.4 Å². The van der Waals surface area contributed by atoms with Crippen LogP contribution in [-0.2, 0) is 16.9 Å². The Kier molecular flexibility index (Phi) is 3.76. The topological polar surface area (TPSA) is 101 Å². The number of hydrogen-bond donors (Lipinski definition) is 2. The number of fused-ring (bicyclic) bond motifs is 1. The minimum absolute atomic E-state index is 0.0650. The number of nitrogens with one attached hydrogen (secondary N) is 2. The van der Waals surface area contributed by atoms with Gasteiger partial charge in [-0.25, -0.2) is 4.79 Å². The third kappa shape index (κ3) is 2.57. The summed E-state index contributed by atoms with van der Waals surface area (Å²) in [5.41, 5.74) is -0.160. The number of carbonyl (C=O) groups excluding carboxylic acids is 3. The van der Waals surface area contributed by atoms with Crippen LogP contribution in [0.5, 0.6) is 5.75 Å². The van der Waals surface area contributed by atoms with E-state index in [-0.39, 0.29) is 18.2 Å². The number of nitrogens with zero attached hydrogens (tertiary/aromatic N) is 1. The van der Waals surface area contributed by atoms with Crippen LogP contribution in [0.1, 0.15) is 27.4 Å². The predicted molar refractivity (Wildman–Crippen MR) is 94.9 cm³/mol. The van der Waals surface area contributed by atoms with Gasteiger partial charge in [0.15, 0.2) is 5.54 Å². The Labute approximate surface area is 154 Å². The molecule has 0 bridgehead atoms. The number of amides is 4. The number of benzene rings is 1. The SMILES string of the molecule is C=Cc1ccc([C@]2(CN3Cc4ccc(OC)cc4C3=O)NC(=O)NC2=O)o1. The fourth-order valence-corrected chi connectivity index (χ4v) is 3.43. The number of imide groups is 1. The molecule has 0 radical (unpaired) electrons. The molecular weight excluding hydrogens is 350 g/mol. The Bertz CT molecular complexity index is 979. The molecule has 3 heterocycles. The van der Waals surface area contributed by atoms with Crippen LogP contribution in [0.15, 0.2) is 41.3 Å². The summed E-state index contributed by atoms with van der Waals surface area (Å²) in [7, 11) is 1.53. The lowest BCUT2D eigenvalue weighted by Gasteiger charge is -2.29. The zero-order valence-corrected chi connectivity index (χ0v) is 14.6. The van der Waals surface area contributed by atoms with Crippen molar-refractivity contribution in [2.45, 2.75) is 12.1 Å². The van der Waals surface area contributed by atoms with Crippen LogP contribution in [0.2, 0.25) is 0 Å². The number of rotatable bonds is 5. The van der Waals surface area contributed by atoms with E-state index >= 15 is 0 Å². The van der Waals surface area contributed by atoms with Gasteiger partial charge in [-0.3, -0.25) is 14.9 Å². The van der Waals surface area contributed by atoms with Crippen LogP contribution >= 0.6 is 0 Å². The van der Waals surface area contributed by atoms with Crippen molar-refractivity contribution in [1.29, 1.82) is 0 Å². The number of urea groups is 1. The fourth-order valence-electron chi connectivity index (χ4n) is 3.43. The van der Waals surface area contributed by atoms with Crippen molar-refractivity contribution in [3.8, 4) is 5.75 Å². The zero-order valence-electron chi connectivity index (χ0n) is 14.6. The molecule has 1 saturated heterocycles. The van der Waals surface area contributed by atoms with E-state index in [0.717, 1.165) is 5.56 Å². The first-order chi connectivity index (χ1) is 13.0. The Morgan fingerprint density at radius 3 is 2.74 bits per heavy atom. The summed E-state index contributed by atoms with van der Waals surface area (Å²) in [5, 5.41) is 4.85. The standard InChI is InChI=1S/C19H17N3O5/c1-3-12-6-7-15(27-12)19(17(24)20-18(25)21-19)10-22-9-11-4-5-13(26-2)8-14(11)16(22)23/h3-8H,1,9-10H2,2H3,(H2,20,21,24,25)/t19-/m0/s1. The molecule has 1 fully saturated rings. The van der Waals surface area contributed by atoms with Crippen LogP contribution in [-0.4, -0.2) is 36.4 Å². The van der Waals surface area contributed by atoms with Gasteiger partial charge in [-0.15, -0.1) is 0 Å². The van der Waals surface area contributed by atoms with E-state index in [4.69, 9.17) is 9.15 Å². The Hall–Kier alpha value is -3.55. The summed E-state index contributed by atoms with van der Waals surface area (Å²) in [6.45, 7) is 3.88. The Balaban J connectivity index is 1.69. The highest BCUT2D eigenvalue weighted by Crippen LogP contribution is 2.33. The summed E-state index contributed by atoms with van der Waals surface area (Å²) in [4.78, 5) is 38.8. The molecule has 138 valence electrons. The van der Waals surface area contributed by atoms with Gasteiger partial charge in [-0.1, -0.05) is 12.6 Å². The lowest BCUT2D eigenvalue weighted by atomic mass is 9.95. The minimum atomic E-state index is -1.50. The van der Waals surface area contributed by atoms with Crippen LogP contribution < -0.4 is 15.4 Å². The normalized spacial score (nSPS) is 21.1.